The van der Waals surface area contributed by atoms with E-state index in [1.807, 2.05) is 24.3 Å². The number of hydrazine groups is 1. The average Bonchev–Trinajstić information content (AvgIpc) is 3.11. The van der Waals surface area contributed by atoms with Gasteiger partial charge in [0.25, 0.3) is 11.8 Å². The first-order chi connectivity index (χ1) is 13.0. The molecule has 3 amide bonds. The molecule has 0 atom stereocenters. The number of para-hydroxylation sites is 1. The maximum absolute atomic E-state index is 12.2. The number of nitrogens with one attached hydrogen (secondary N) is 4. The molecule has 4 N–H and O–H groups in total. The van der Waals surface area contributed by atoms with Crippen LogP contribution in [-0.4, -0.2) is 29.3 Å². The number of amides is 3. The predicted octanol–water partition coefficient (Wildman–Crippen LogP) is 2.51. The van der Waals surface area contributed by atoms with Crippen LogP contribution in [0, 0.1) is 0 Å². The molecule has 138 valence electrons. The molecule has 0 aliphatic rings. The third-order valence-corrected chi connectivity index (χ3v) is 4.42. The van der Waals surface area contributed by atoms with Crippen molar-refractivity contribution < 1.29 is 14.4 Å². The van der Waals surface area contributed by atoms with Crippen molar-refractivity contribution in [3.63, 3.8) is 0 Å². The van der Waals surface area contributed by atoms with Crippen molar-refractivity contribution in [2.24, 2.45) is 0 Å². The number of carbonyl (C=O) groups is 3. The molecule has 0 aliphatic carbocycles. The first kappa shape index (κ1) is 18.7. The lowest BCUT2D eigenvalue weighted by Gasteiger charge is -2.08. The van der Waals surface area contributed by atoms with E-state index < -0.39 is 11.8 Å². The molecular formula is C19H17BrN4O3. The van der Waals surface area contributed by atoms with E-state index in [-0.39, 0.29) is 18.9 Å². The average molecular weight is 429 g/mol. The smallest absolute Gasteiger partial charge is 0.271 e. The van der Waals surface area contributed by atoms with Crippen LogP contribution < -0.4 is 16.2 Å². The number of benzene rings is 2. The van der Waals surface area contributed by atoms with Crippen molar-refractivity contribution in [3.8, 4) is 0 Å². The van der Waals surface area contributed by atoms with E-state index in [1.54, 1.807) is 30.5 Å². The van der Waals surface area contributed by atoms with Gasteiger partial charge >= 0.3 is 0 Å². The molecule has 0 fully saturated rings. The van der Waals surface area contributed by atoms with Crippen LogP contribution in [0.3, 0.4) is 0 Å². The van der Waals surface area contributed by atoms with Gasteiger partial charge in [0, 0.05) is 40.1 Å². The zero-order chi connectivity index (χ0) is 19.2. The molecule has 2 aromatic carbocycles. The molecule has 3 rings (SSSR count). The minimum atomic E-state index is -0.417. The Morgan fingerprint density at radius 3 is 2.44 bits per heavy atom. The van der Waals surface area contributed by atoms with Gasteiger partial charge in [0.1, 0.15) is 0 Å². The second kappa shape index (κ2) is 8.50. The lowest BCUT2D eigenvalue weighted by Crippen LogP contribution is -2.42. The van der Waals surface area contributed by atoms with E-state index in [9.17, 15) is 14.4 Å². The summed E-state index contributed by atoms with van der Waals surface area (Å²) in [5, 5.41) is 3.43. The molecule has 0 saturated heterocycles. The minimum absolute atomic E-state index is 0.0381. The van der Waals surface area contributed by atoms with Crippen molar-refractivity contribution >= 4 is 44.6 Å². The van der Waals surface area contributed by atoms with Crippen LogP contribution >= 0.6 is 15.9 Å². The lowest BCUT2D eigenvalue weighted by molar-refractivity contribution is -0.121. The van der Waals surface area contributed by atoms with Gasteiger partial charge in [0.15, 0.2) is 0 Å². The summed E-state index contributed by atoms with van der Waals surface area (Å²) in [5.74, 6) is -1.09. The Labute approximate surface area is 163 Å². The molecule has 7 nitrogen and oxygen atoms in total. The van der Waals surface area contributed by atoms with Crippen LogP contribution in [-0.2, 0) is 4.79 Å². The number of H-pyrrole nitrogens is 1. The lowest BCUT2D eigenvalue weighted by atomic mass is 10.2. The molecule has 0 spiro atoms. The number of carbonyl (C=O) groups excluding carboxylic acids is 3. The number of hydrogen-bond donors (Lipinski definition) is 4. The fourth-order valence-corrected chi connectivity index (χ4v) is 2.77. The van der Waals surface area contributed by atoms with E-state index in [0.29, 0.717) is 11.1 Å². The second-order valence-corrected chi connectivity index (χ2v) is 6.68. The van der Waals surface area contributed by atoms with Crippen LogP contribution in [0.1, 0.15) is 27.1 Å². The van der Waals surface area contributed by atoms with Gasteiger partial charge in [-0.1, -0.05) is 34.1 Å². The fourth-order valence-electron chi connectivity index (χ4n) is 2.51. The number of fused-ring (bicyclic) bond motifs is 1. The molecule has 0 bridgehead atoms. The molecular weight excluding hydrogens is 412 g/mol. The highest BCUT2D eigenvalue weighted by Crippen LogP contribution is 2.17. The quantitative estimate of drug-likeness (QED) is 0.469. The Morgan fingerprint density at radius 2 is 1.67 bits per heavy atom. The van der Waals surface area contributed by atoms with Crippen molar-refractivity contribution in [3.05, 3.63) is 70.3 Å². The van der Waals surface area contributed by atoms with Gasteiger partial charge in [-0.2, -0.15) is 0 Å². The highest BCUT2D eigenvalue weighted by atomic mass is 79.9. The number of rotatable bonds is 5. The van der Waals surface area contributed by atoms with Gasteiger partial charge in [-0.3, -0.25) is 25.2 Å². The number of halogens is 1. The molecule has 0 radical (unpaired) electrons. The van der Waals surface area contributed by atoms with Crippen molar-refractivity contribution in [2.45, 2.75) is 6.42 Å². The monoisotopic (exact) mass is 428 g/mol. The molecule has 1 heterocycles. The molecule has 0 unspecified atom stereocenters. The number of aromatic nitrogens is 1. The Balaban J connectivity index is 1.43. The molecule has 0 saturated carbocycles. The summed E-state index contributed by atoms with van der Waals surface area (Å²) in [7, 11) is 0. The van der Waals surface area contributed by atoms with Gasteiger partial charge in [-0.25, -0.2) is 0 Å². The highest BCUT2D eigenvalue weighted by Gasteiger charge is 2.12. The Morgan fingerprint density at radius 1 is 0.926 bits per heavy atom. The number of aromatic amines is 1. The summed E-state index contributed by atoms with van der Waals surface area (Å²) in [4.78, 5) is 39.0. The molecule has 1 aromatic heterocycles. The zero-order valence-electron chi connectivity index (χ0n) is 14.2. The van der Waals surface area contributed by atoms with E-state index in [2.05, 4.69) is 37.1 Å². The SMILES string of the molecule is O=C(CCNC(=O)c1ccc(Br)cc1)NNC(=O)c1c[nH]c2ccccc12. The zero-order valence-corrected chi connectivity index (χ0v) is 15.8. The summed E-state index contributed by atoms with van der Waals surface area (Å²) >= 11 is 3.30. The van der Waals surface area contributed by atoms with Gasteiger partial charge in [-0.05, 0) is 30.3 Å². The first-order valence-electron chi connectivity index (χ1n) is 8.23. The van der Waals surface area contributed by atoms with Crippen LogP contribution in [0.5, 0.6) is 0 Å². The van der Waals surface area contributed by atoms with Crippen LogP contribution in [0.2, 0.25) is 0 Å². The minimum Gasteiger partial charge on any atom is -0.360 e. The Kier molecular flexibility index (Phi) is 5.87. The topological polar surface area (TPSA) is 103 Å². The number of hydrogen-bond acceptors (Lipinski definition) is 3. The van der Waals surface area contributed by atoms with Gasteiger partial charge in [0.05, 0.1) is 5.56 Å². The van der Waals surface area contributed by atoms with Crippen molar-refractivity contribution in [2.75, 3.05) is 6.54 Å². The first-order valence-corrected chi connectivity index (χ1v) is 9.03. The summed E-state index contributed by atoms with van der Waals surface area (Å²) < 4.78 is 0.879. The normalized spacial score (nSPS) is 10.4. The van der Waals surface area contributed by atoms with E-state index in [0.717, 1.165) is 15.4 Å². The standard InChI is InChI=1S/C19H17BrN4O3/c20-13-7-5-12(6-8-13)18(26)21-10-9-17(25)23-24-19(27)15-11-22-16-4-2-1-3-14(15)16/h1-8,11,22H,9-10H2,(H,21,26)(H,23,25)(H,24,27). The van der Waals surface area contributed by atoms with Gasteiger partial charge < -0.3 is 10.3 Å². The summed E-state index contributed by atoms with van der Waals surface area (Å²) in [6.07, 6.45) is 1.63. The van der Waals surface area contributed by atoms with Crippen LogP contribution in [0.25, 0.3) is 10.9 Å². The second-order valence-electron chi connectivity index (χ2n) is 5.76. The van der Waals surface area contributed by atoms with E-state index in [1.165, 1.54) is 0 Å². The summed E-state index contributed by atoms with van der Waals surface area (Å²) in [6.45, 7) is 0.156. The van der Waals surface area contributed by atoms with Crippen LogP contribution in [0.15, 0.2) is 59.2 Å². The van der Waals surface area contributed by atoms with Crippen molar-refractivity contribution in [1.82, 2.24) is 21.2 Å². The maximum atomic E-state index is 12.2. The van der Waals surface area contributed by atoms with Gasteiger partial charge in [-0.15, -0.1) is 0 Å². The third-order valence-electron chi connectivity index (χ3n) is 3.89. The predicted molar refractivity (Wildman–Crippen MR) is 105 cm³/mol. The third kappa shape index (κ3) is 4.73. The maximum Gasteiger partial charge on any atom is 0.271 e. The van der Waals surface area contributed by atoms with E-state index in [4.69, 9.17) is 0 Å². The molecule has 3 aromatic rings. The van der Waals surface area contributed by atoms with E-state index >= 15 is 0 Å². The Bertz CT molecular complexity index is 982. The van der Waals surface area contributed by atoms with Crippen LogP contribution in [0.4, 0.5) is 0 Å². The molecule has 8 heteroatoms. The van der Waals surface area contributed by atoms with Crippen molar-refractivity contribution in [1.29, 1.82) is 0 Å². The fraction of sp³-hybridized carbons (Fsp3) is 0.105. The largest absolute Gasteiger partial charge is 0.360 e. The van der Waals surface area contributed by atoms with Gasteiger partial charge in [0.2, 0.25) is 5.91 Å². The summed E-state index contributed by atoms with van der Waals surface area (Å²) in [5.41, 5.74) is 6.51. The highest BCUT2D eigenvalue weighted by molar-refractivity contribution is 9.10. The molecule has 27 heavy (non-hydrogen) atoms. The Hall–Kier alpha value is -3.13. The summed E-state index contributed by atoms with van der Waals surface area (Å²) in [6, 6.07) is 14.3. The molecule has 0 aliphatic heterocycles.